The number of halogens is 3. The minimum atomic E-state index is -0.775. The summed E-state index contributed by atoms with van der Waals surface area (Å²) in [4.78, 5) is 3.50. The lowest BCUT2D eigenvalue weighted by atomic mass is 10.4. The highest BCUT2D eigenvalue weighted by atomic mass is 35.5. The van der Waals surface area contributed by atoms with Gasteiger partial charge in [0.2, 0.25) is 5.95 Å². The molecule has 0 saturated heterocycles. The van der Waals surface area contributed by atoms with Crippen molar-refractivity contribution in [1.82, 2.24) is 4.98 Å². The van der Waals surface area contributed by atoms with E-state index in [9.17, 15) is 4.39 Å². The van der Waals surface area contributed by atoms with E-state index in [1.807, 2.05) is 0 Å². The number of rotatable bonds is 2. The van der Waals surface area contributed by atoms with Crippen LogP contribution in [0.4, 0.5) is 10.2 Å². The zero-order valence-corrected chi connectivity index (χ0v) is 9.12. The second-order valence-electron chi connectivity index (χ2n) is 2.76. The summed E-state index contributed by atoms with van der Waals surface area (Å²) >= 11 is 11.2. The fourth-order valence-electron chi connectivity index (χ4n) is 0.687. The molecule has 76 valence electrons. The van der Waals surface area contributed by atoms with Crippen LogP contribution in [0.25, 0.3) is 0 Å². The summed E-state index contributed by atoms with van der Waals surface area (Å²) in [6.07, 6.45) is 0. The second-order valence-corrected chi connectivity index (χ2v) is 3.58. The van der Waals surface area contributed by atoms with Crippen LogP contribution in [0.15, 0.2) is 11.2 Å². The van der Waals surface area contributed by atoms with Gasteiger partial charge in [-0.15, -0.1) is 0 Å². The molecule has 3 nitrogen and oxygen atoms in total. The van der Waals surface area contributed by atoms with Gasteiger partial charge in [-0.3, -0.25) is 5.43 Å². The lowest BCUT2D eigenvalue weighted by molar-refractivity contribution is 0.585. The van der Waals surface area contributed by atoms with E-state index in [0.29, 0.717) is 0 Å². The second kappa shape index (κ2) is 4.57. The molecule has 0 aliphatic rings. The Kier molecular flexibility index (Phi) is 3.66. The van der Waals surface area contributed by atoms with Gasteiger partial charge in [-0.25, -0.2) is 0 Å². The number of hydrazone groups is 1. The van der Waals surface area contributed by atoms with Crippen molar-refractivity contribution in [3.05, 3.63) is 22.1 Å². The number of pyridine rings is 1. The predicted octanol–water partition coefficient (Wildman–Crippen LogP) is 3.34. The molecule has 0 radical (unpaired) electrons. The number of hydrogen-bond donors (Lipinski definition) is 1. The molecule has 14 heavy (non-hydrogen) atoms. The molecule has 0 atom stereocenters. The molecule has 1 heterocycles. The lowest BCUT2D eigenvalue weighted by Crippen LogP contribution is -1.98. The van der Waals surface area contributed by atoms with Gasteiger partial charge in [-0.05, 0) is 19.9 Å². The van der Waals surface area contributed by atoms with E-state index in [1.54, 1.807) is 13.8 Å². The van der Waals surface area contributed by atoms with Crippen molar-refractivity contribution in [1.29, 1.82) is 0 Å². The number of anilines is 1. The normalized spacial score (nSPS) is 9.79. The Morgan fingerprint density at radius 2 is 2.07 bits per heavy atom. The summed E-state index contributed by atoms with van der Waals surface area (Å²) in [5.41, 5.74) is 3.30. The third-order valence-corrected chi connectivity index (χ3v) is 1.83. The Morgan fingerprint density at radius 1 is 1.43 bits per heavy atom. The summed E-state index contributed by atoms with van der Waals surface area (Å²) in [5.74, 6) is -0.628. The van der Waals surface area contributed by atoms with Crippen LogP contribution in [-0.2, 0) is 0 Å². The predicted molar refractivity (Wildman–Crippen MR) is 56.6 cm³/mol. The number of hydrogen-bond acceptors (Lipinski definition) is 3. The molecule has 0 amide bonds. The fraction of sp³-hybridized carbons (Fsp3) is 0.250. The van der Waals surface area contributed by atoms with Crippen LogP contribution in [0.3, 0.4) is 0 Å². The van der Waals surface area contributed by atoms with Gasteiger partial charge >= 0.3 is 0 Å². The maximum atomic E-state index is 12.9. The third-order valence-electron chi connectivity index (χ3n) is 1.27. The Labute approximate surface area is 90.9 Å². The molecule has 1 aromatic rings. The van der Waals surface area contributed by atoms with E-state index in [1.165, 1.54) is 6.07 Å². The van der Waals surface area contributed by atoms with E-state index in [2.05, 4.69) is 15.5 Å². The summed E-state index contributed by atoms with van der Waals surface area (Å²) in [6, 6.07) is 1.27. The number of nitrogens with one attached hydrogen (secondary N) is 1. The molecule has 6 heteroatoms. The van der Waals surface area contributed by atoms with Gasteiger partial charge in [0.05, 0.1) is 10.0 Å². The first-order chi connectivity index (χ1) is 6.50. The van der Waals surface area contributed by atoms with Crippen molar-refractivity contribution >= 4 is 34.7 Å². The smallest absolute Gasteiger partial charge is 0.233 e. The number of nitrogens with zero attached hydrogens (tertiary/aromatic N) is 2. The molecular weight excluding hydrogens is 228 g/mol. The van der Waals surface area contributed by atoms with Gasteiger partial charge in [0.1, 0.15) is 0 Å². The van der Waals surface area contributed by atoms with Gasteiger partial charge in [0, 0.05) is 5.71 Å². The van der Waals surface area contributed by atoms with Crippen molar-refractivity contribution in [2.45, 2.75) is 13.8 Å². The minimum Gasteiger partial charge on any atom is -0.260 e. The van der Waals surface area contributed by atoms with Gasteiger partial charge < -0.3 is 0 Å². The summed E-state index contributed by atoms with van der Waals surface area (Å²) in [5, 5.41) is 3.95. The van der Waals surface area contributed by atoms with Crippen molar-refractivity contribution in [2.24, 2.45) is 5.10 Å². The highest BCUT2D eigenvalue weighted by molar-refractivity contribution is 6.36. The van der Waals surface area contributed by atoms with E-state index in [0.717, 1.165) is 5.71 Å². The molecule has 1 rings (SSSR count). The van der Waals surface area contributed by atoms with Gasteiger partial charge in [0.15, 0.2) is 5.82 Å². The highest BCUT2D eigenvalue weighted by Gasteiger charge is 2.07. The quantitative estimate of drug-likeness (QED) is 0.485. The molecule has 1 N–H and O–H groups in total. The SMILES string of the molecule is CC(C)=NNc1nc(F)c(Cl)cc1Cl. The van der Waals surface area contributed by atoms with Crippen LogP contribution in [0.2, 0.25) is 10.0 Å². The van der Waals surface area contributed by atoms with Gasteiger partial charge in [0.25, 0.3) is 0 Å². The Hall–Kier alpha value is -0.870. The van der Waals surface area contributed by atoms with Crippen molar-refractivity contribution in [3.8, 4) is 0 Å². The van der Waals surface area contributed by atoms with Crippen LogP contribution in [-0.4, -0.2) is 10.7 Å². The van der Waals surface area contributed by atoms with Crippen LogP contribution >= 0.6 is 23.2 Å². The summed E-state index contributed by atoms with van der Waals surface area (Å²) in [6.45, 7) is 3.57. The van der Waals surface area contributed by atoms with Crippen LogP contribution in [0, 0.1) is 5.95 Å². The average molecular weight is 236 g/mol. The zero-order valence-electron chi connectivity index (χ0n) is 7.61. The molecule has 0 saturated carbocycles. The summed E-state index contributed by atoms with van der Waals surface area (Å²) < 4.78 is 12.9. The monoisotopic (exact) mass is 235 g/mol. The summed E-state index contributed by atoms with van der Waals surface area (Å²) in [7, 11) is 0. The van der Waals surface area contributed by atoms with E-state index in [4.69, 9.17) is 23.2 Å². The van der Waals surface area contributed by atoms with Crippen molar-refractivity contribution in [2.75, 3.05) is 5.43 Å². The topological polar surface area (TPSA) is 37.3 Å². The third kappa shape index (κ3) is 2.82. The first-order valence-electron chi connectivity index (χ1n) is 3.79. The lowest BCUT2D eigenvalue weighted by Gasteiger charge is -2.03. The van der Waals surface area contributed by atoms with Gasteiger partial charge in [-0.2, -0.15) is 14.5 Å². The average Bonchev–Trinajstić information content (AvgIpc) is 2.09. The first-order valence-corrected chi connectivity index (χ1v) is 4.54. The van der Waals surface area contributed by atoms with Crippen LogP contribution < -0.4 is 5.43 Å². The maximum Gasteiger partial charge on any atom is 0.233 e. The number of aromatic nitrogens is 1. The van der Waals surface area contributed by atoms with Crippen LogP contribution in [0.5, 0.6) is 0 Å². The van der Waals surface area contributed by atoms with Gasteiger partial charge in [-0.1, -0.05) is 23.2 Å². The molecule has 0 aliphatic heterocycles. The first kappa shape index (κ1) is 11.2. The highest BCUT2D eigenvalue weighted by Crippen LogP contribution is 2.24. The fourth-order valence-corrected chi connectivity index (χ4v) is 1.09. The van der Waals surface area contributed by atoms with E-state index >= 15 is 0 Å². The molecular formula is C8H8Cl2FN3. The van der Waals surface area contributed by atoms with E-state index < -0.39 is 5.95 Å². The van der Waals surface area contributed by atoms with Crippen molar-refractivity contribution < 1.29 is 4.39 Å². The molecule has 0 unspecified atom stereocenters. The largest absolute Gasteiger partial charge is 0.260 e. The molecule has 0 fully saturated rings. The molecule has 0 aromatic carbocycles. The Balaban J connectivity index is 2.98. The zero-order chi connectivity index (χ0) is 10.7. The standard InChI is InChI=1S/C8H8Cl2FN3/c1-4(2)13-14-8-6(10)3-5(9)7(11)12-8/h3H,1-2H3,(H,12,14). The van der Waals surface area contributed by atoms with Crippen molar-refractivity contribution in [3.63, 3.8) is 0 Å². The van der Waals surface area contributed by atoms with E-state index in [-0.39, 0.29) is 15.9 Å². The molecule has 0 bridgehead atoms. The molecule has 1 aromatic heterocycles. The molecule has 0 aliphatic carbocycles. The molecule has 0 spiro atoms. The Bertz CT molecular complexity index is 375. The minimum absolute atomic E-state index is 0.113. The van der Waals surface area contributed by atoms with Crippen LogP contribution in [0.1, 0.15) is 13.8 Å². The Morgan fingerprint density at radius 3 is 2.64 bits per heavy atom. The maximum absolute atomic E-state index is 12.9.